The second-order valence-corrected chi connectivity index (χ2v) is 14.1. The first-order valence-electron chi connectivity index (χ1n) is 15.6. The molecule has 222 valence electrons. The van der Waals surface area contributed by atoms with E-state index >= 15 is 0 Å². The highest BCUT2D eigenvalue weighted by Gasteiger charge is 2.62. The number of likely N-dealkylation sites (N-methyl/N-ethyl adjacent to an activating group) is 2. The van der Waals surface area contributed by atoms with Gasteiger partial charge in [-0.1, -0.05) is 26.7 Å². The summed E-state index contributed by atoms with van der Waals surface area (Å²) < 4.78 is 40.1. The molecule has 0 aromatic carbocycles. The van der Waals surface area contributed by atoms with E-state index in [9.17, 15) is 18.6 Å². The maximum absolute atomic E-state index is 13.4. The highest BCUT2D eigenvalue weighted by atomic mass is 19.4. The summed E-state index contributed by atoms with van der Waals surface area (Å²) in [5, 5.41) is 20.0. The number of halogens is 3. The Balaban J connectivity index is 1.14. The van der Waals surface area contributed by atoms with Crippen LogP contribution in [-0.4, -0.2) is 90.1 Å². The molecule has 3 heterocycles. The second kappa shape index (κ2) is 10.3. The van der Waals surface area contributed by atoms with Crippen LogP contribution in [0.3, 0.4) is 0 Å². The molecular weight excluding hydrogens is 503 g/mol. The van der Waals surface area contributed by atoms with Gasteiger partial charge in [0, 0.05) is 25.7 Å². The SMILES string of the molecule is CC(C)C1CCCCC1C1NCC2C(N1)N(C1(C3CCC(C4NC(C(F)(F)F)CN4C)CC3)CC1)C(=N)N2C. The van der Waals surface area contributed by atoms with Gasteiger partial charge in [0.2, 0.25) is 0 Å². The van der Waals surface area contributed by atoms with Gasteiger partial charge in [-0.2, -0.15) is 13.2 Å². The summed E-state index contributed by atoms with van der Waals surface area (Å²) in [7, 11) is 3.90. The molecule has 3 saturated heterocycles. The molecule has 3 aliphatic heterocycles. The van der Waals surface area contributed by atoms with E-state index in [1.54, 1.807) is 0 Å². The molecule has 4 N–H and O–H groups in total. The minimum Gasteiger partial charge on any atom is -0.338 e. The van der Waals surface area contributed by atoms with E-state index in [2.05, 4.69) is 46.6 Å². The van der Waals surface area contributed by atoms with Gasteiger partial charge in [0.25, 0.3) is 0 Å². The van der Waals surface area contributed by atoms with Gasteiger partial charge in [-0.05, 0) is 88.0 Å². The van der Waals surface area contributed by atoms with Crippen molar-refractivity contribution in [2.45, 2.75) is 120 Å². The molecular formula is C29H50F3N7. The van der Waals surface area contributed by atoms with Crippen molar-refractivity contribution in [2.75, 3.05) is 27.2 Å². The van der Waals surface area contributed by atoms with Crippen molar-refractivity contribution < 1.29 is 13.2 Å². The van der Waals surface area contributed by atoms with Gasteiger partial charge in [-0.25, -0.2) is 0 Å². The maximum Gasteiger partial charge on any atom is 0.405 e. The third-order valence-electron chi connectivity index (χ3n) is 11.7. The third-order valence-corrected chi connectivity index (χ3v) is 11.7. The van der Waals surface area contributed by atoms with Crippen LogP contribution < -0.4 is 16.0 Å². The lowest BCUT2D eigenvalue weighted by Gasteiger charge is -2.48. The Kier molecular flexibility index (Phi) is 7.42. The molecule has 7 nitrogen and oxygen atoms in total. The number of guanidine groups is 1. The average Bonchev–Trinajstić information content (AvgIpc) is 3.54. The molecule has 6 fully saturated rings. The first-order chi connectivity index (χ1) is 18.5. The Hall–Kier alpha value is -1.10. The number of alkyl halides is 3. The molecule has 0 aromatic rings. The van der Waals surface area contributed by atoms with Gasteiger partial charge < -0.3 is 9.80 Å². The Morgan fingerprint density at radius 2 is 1.64 bits per heavy atom. The normalized spacial score (nSPS) is 43.3. The highest BCUT2D eigenvalue weighted by molar-refractivity contribution is 5.81. The fourth-order valence-corrected chi connectivity index (χ4v) is 9.39. The number of fused-ring (bicyclic) bond motifs is 1. The Bertz CT molecular complexity index is 900. The standard InChI is InChI=1S/C29H50F3N7/c1-17(2)20-7-5-6-8-21(20)24-34-15-22-26(36-24)39(27(33)38(22)4)28(13-14-28)19-11-9-18(10-12-19)25-35-23(16-37(25)3)29(30,31)32/h17-26,33-36H,5-16H2,1-4H3. The zero-order valence-electron chi connectivity index (χ0n) is 24.2. The van der Waals surface area contributed by atoms with Crippen molar-refractivity contribution in [3.63, 3.8) is 0 Å². The first-order valence-corrected chi connectivity index (χ1v) is 15.6. The fraction of sp³-hybridized carbons (Fsp3) is 0.966. The van der Waals surface area contributed by atoms with Gasteiger partial charge >= 0.3 is 6.18 Å². The molecule has 10 heteroatoms. The Morgan fingerprint density at radius 3 is 2.26 bits per heavy atom. The van der Waals surface area contributed by atoms with Crippen LogP contribution in [0.15, 0.2) is 0 Å². The highest BCUT2D eigenvalue weighted by Crippen LogP contribution is 2.56. The monoisotopic (exact) mass is 553 g/mol. The molecule has 7 unspecified atom stereocenters. The van der Waals surface area contributed by atoms with Crippen LogP contribution >= 0.6 is 0 Å². The van der Waals surface area contributed by atoms with E-state index in [-0.39, 0.29) is 42.5 Å². The number of hydrogen-bond acceptors (Lipinski definition) is 5. The van der Waals surface area contributed by atoms with E-state index in [0.29, 0.717) is 23.7 Å². The van der Waals surface area contributed by atoms with Crippen LogP contribution in [0.2, 0.25) is 0 Å². The molecule has 0 amide bonds. The summed E-state index contributed by atoms with van der Waals surface area (Å²) in [5.74, 6) is 3.44. The van der Waals surface area contributed by atoms with Crippen molar-refractivity contribution in [3.05, 3.63) is 0 Å². The van der Waals surface area contributed by atoms with E-state index in [4.69, 9.17) is 0 Å². The molecule has 3 aliphatic carbocycles. The van der Waals surface area contributed by atoms with Crippen molar-refractivity contribution in [1.82, 2.24) is 30.7 Å². The first kappa shape index (κ1) is 28.0. The molecule has 0 bridgehead atoms. The summed E-state index contributed by atoms with van der Waals surface area (Å²) in [6.07, 6.45) is 7.54. The Labute approximate surface area is 232 Å². The van der Waals surface area contributed by atoms with Crippen molar-refractivity contribution in [2.24, 2.45) is 29.6 Å². The third kappa shape index (κ3) is 4.89. The quantitative estimate of drug-likeness (QED) is 0.413. The molecule has 3 saturated carbocycles. The largest absolute Gasteiger partial charge is 0.405 e. The van der Waals surface area contributed by atoms with Crippen LogP contribution in [0.4, 0.5) is 13.2 Å². The number of nitrogens with zero attached hydrogens (tertiary/aromatic N) is 3. The maximum atomic E-state index is 13.4. The number of hydrogen-bond donors (Lipinski definition) is 4. The molecule has 0 spiro atoms. The number of rotatable bonds is 5. The summed E-state index contributed by atoms with van der Waals surface area (Å²) in [4.78, 5) is 6.51. The van der Waals surface area contributed by atoms with Crippen LogP contribution in [0.5, 0.6) is 0 Å². The predicted octanol–water partition coefficient (Wildman–Crippen LogP) is 3.98. The molecule has 6 aliphatic rings. The molecule has 0 radical (unpaired) electrons. The van der Waals surface area contributed by atoms with Crippen molar-refractivity contribution >= 4 is 5.96 Å². The minimum absolute atomic E-state index is 0.0259. The van der Waals surface area contributed by atoms with Gasteiger partial charge in [-0.3, -0.25) is 26.3 Å². The van der Waals surface area contributed by atoms with Crippen LogP contribution in [-0.2, 0) is 0 Å². The summed E-state index contributed by atoms with van der Waals surface area (Å²) in [6, 6.07) is -1.17. The van der Waals surface area contributed by atoms with Crippen LogP contribution in [0.1, 0.15) is 78.1 Å². The zero-order chi connectivity index (χ0) is 27.7. The van der Waals surface area contributed by atoms with Gasteiger partial charge in [0.1, 0.15) is 12.2 Å². The van der Waals surface area contributed by atoms with E-state index < -0.39 is 12.2 Å². The average molecular weight is 554 g/mol. The molecule has 0 aromatic heterocycles. The molecule has 7 atom stereocenters. The Morgan fingerprint density at radius 1 is 0.949 bits per heavy atom. The lowest BCUT2D eigenvalue weighted by atomic mass is 9.71. The van der Waals surface area contributed by atoms with E-state index in [1.165, 1.54) is 25.7 Å². The number of nitrogens with one attached hydrogen (secondary N) is 4. The second-order valence-electron chi connectivity index (χ2n) is 14.1. The van der Waals surface area contributed by atoms with Crippen LogP contribution in [0.25, 0.3) is 0 Å². The zero-order valence-corrected chi connectivity index (χ0v) is 24.2. The molecule has 39 heavy (non-hydrogen) atoms. The van der Waals surface area contributed by atoms with E-state index in [0.717, 1.165) is 51.0 Å². The van der Waals surface area contributed by atoms with Gasteiger partial charge in [0.05, 0.1) is 18.4 Å². The van der Waals surface area contributed by atoms with Crippen LogP contribution in [0, 0.1) is 35.0 Å². The predicted molar refractivity (Wildman–Crippen MR) is 147 cm³/mol. The topological polar surface area (TPSA) is 69.7 Å². The molecule has 6 rings (SSSR count). The summed E-state index contributed by atoms with van der Waals surface area (Å²) >= 11 is 0. The summed E-state index contributed by atoms with van der Waals surface area (Å²) in [5.41, 5.74) is 0.0259. The van der Waals surface area contributed by atoms with Crippen molar-refractivity contribution in [3.8, 4) is 0 Å². The van der Waals surface area contributed by atoms with Gasteiger partial charge in [-0.15, -0.1) is 0 Å². The van der Waals surface area contributed by atoms with E-state index in [1.807, 2.05) is 11.9 Å². The van der Waals surface area contributed by atoms with Gasteiger partial charge in [0.15, 0.2) is 5.96 Å². The lowest BCUT2D eigenvalue weighted by Crippen LogP contribution is -2.69. The van der Waals surface area contributed by atoms with Crippen molar-refractivity contribution in [1.29, 1.82) is 5.41 Å². The summed E-state index contributed by atoms with van der Waals surface area (Å²) in [6.45, 7) is 5.69. The lowest BCUT2D eigenvalue weighted by molar-refractivity contribution is -0.150. The smallest absolute Gasteiger partial charge is 0.338 e. The fourth-order valence-electron chi connectivity index (χ4n) is 9.39. The minimum atomic E-state index is -4.19.